The van der Waals surface area contributed by atoms with Crippen molar-refractivity contribution in [3.05, 3.63) is 33.3 Å². The minimum absolute atomic E-state index is 0.775. The topological polar surface area (TPSA) is 0 Å². The lowest BCUT2D eigenvalue weighted by molar-refractivity contribution is 1.14. The molecular formula is C9H10Cl2. The second-order valence-corrected chi connectivity index (χ2v) is 3.38. The van der Waals surface area contributed by atoms with E-state index in [1.54, 1.807) is 0 Å². The summed E-state index contributed by atoms with van der Waals surface area (Å²) in [6, 6.07) is 3.87. The fourth-order valence-electron chi connectivity index (χ4n) is 1.07. The van der Waals surface area contributed by atoms with Crippen LogP contribution >= 0.6 is 23.2 Å². The van der Waals surface area contributed by atoms with E-state index in [-0.39, 0.29) is 0 Å². The highest BCUT2D eigenvalue weighted by Crippen LogP contribution is 2.26. The molecule has 0 heterocycles. The van der Waals surface area contributed by atoms with Crippen LogP contribution in [0, 0.1) is 6.92 Å². The molecule has 0 amide bonds. The molecule has 0 atom stereocenters. The van der Waals surface area contributed by atoms with Crippen LogP contribution in [0.3, 0.4) is 0 Å². The van der Waals surface area contributed by atoms with E-state index in [9.17, 15) is 0 Å². The summed E-state index contributed by atoms with van der Waals surface area (Å²) in [5.74, 6) is 0. The van der Waals surface area contributed by atoms with E-state index in [0.717, 1.165) is 27.6 Å². The molecule has 0 N–H and O–H groups in total. The van der Waals surface area contributed by atoms with Crippen LogP contribution in [0.5, 0.6) is 0 Å². The van der Waals surface area contributed by atoms with E-state index in [1.165, 1.54) is 0 Å². The van der Waals surface area contributed by atoms with Crippen LogP contribution in [0.4, 0.5) is 0 Å². The second kappa shape index (κ2) is 3.46. The van der Waals surface area contributed by atoms with E-state index in [4.69, 9.17) is 23.2 Å². The van der Waals surface area contributed by atoms with Crippen molar-refractivity contribution in [1.82, 2.24) is 0 Å². The molecule has 1 aromatic carbocycles. The lowest BCUT2D eigenvalue weighted by Gasteiger charge is -2.04. The first-order valence-electron chi connectivity index (χ1n) is 3.59. The zero-order valence-electron chi connectivity index (χ0n) is 6.62. The van der Waals surface area contributed by atoms with Crippen LogP contribution in [0.15, 0.2) is 12.1 Å². The van der Waals surface area contributed by atoms with Crippen molar-refractivity contribution in [2.24, 2.45) is 0 Å². The average molecular weight is 189 g/mol. The Morgan fingerprint density at radius 3 is 2.00 bits per heavy atom. The summed E-state index contributed by atoms with van der Waals surface area (Å²) < 4.78 is 0. The Morgan fingerprint density at radius 1 is 1.18 bits per heavy atom. The van der Waals surface area contributed by atoms with Crippen LogP contribution in [-0.4, -0.2) is 0 Å². The maximum absolute atomic E-state index is 5.95. The molecule has 0 bridgehead atoms. The predicted octanol–water partition coefficient (Wildman–Crippen LogP) is 3.86. The summed E-state index contributed by atoms with van der Waals surface area (Å²) in [6.07, 6.45) is 0.887. The monoisotopic (exact) mass is 188 g/mol. The highest BCUT2D eigenvalue weighted by molar-refractivity contribution is 6.36. The van der Waals surface area contributed by atoms with Gasteiger partial charge in [-0.15, -0.1) is 0 Å². The Labute approximate surface area is 77.1 Å². The summed E-state index contributed by atoms with van der Waals surface area (Å²) in [6.45, 7) is 4.03. The Kier molecular flexibility index (Phi) is 2.80. The fraction of sp³-hybridized carbons (Fsp3) is 0.333. The molecule has 0 spiro atoms. The quantitative estimate of drug-likeness (QED) is 0.629. The molecule has 0 aliphatic heterocycles. The van der Waals surface area contributed by atoms with E-state index < -0.39 is 0 Å². The van der Waals surface area contributed by atoms with Crippen molar-refractivity contribution < 1.29 is 0 Å². The second-order valence-electron chi connectivity index (χ2n) is 2.56. The molecule has 0 radical (unpaired) electrons. The molecule has 2 heteroatoms. The van der Waals surface area contributed by atoms with Gasteiger partial charge >= 0.3 is 0 Å². The highest BCUT2D eigenvalue weighted by atomic mass is 35.5. The lowest BCUT2D eigenvalue weighted by Crippen LogP contribution is -1.85. The Hall–Kier alpha value is -0.200. The number of hydrogen-bond donors (Lipinski definition) is 0. The molecule has 60 valence electrons. The number of rotatable bonds is 1. The van der Waals surface area contributed by atoms with Gasteiger partial charge in [0.05, 0.1) is 0 Å². The smallest absolute Gasteiger partial charge is 0.0455 e. The van der Waals surface area contributed by atoms with Crippen molar-refractivity contribution in [3.8, 4) is 0 Å². The highest BCUT2D eigenvalue weighted by Gasteiger charge is 2.03. The van der Waals surface area contributed by atoms with Gasteiger partial charge in [0.15, 0.2) is 0 Å². The summed E-state index contributed by atoms with van der Waals surface area (Å²) in [4.78, 5) is 0. The van der Waals surface area contributed by atoms with Gasteiger partial charge in [0, 0.05) is 10.0 Å². The van der Waals surface area contributed by atoms with Crippen molar-refractivity contribution in [3.63, 3.8) is 0 Å². The van der Waals surface area contributed by atoms with Crippen molar-refractivity contribution in [1.29, 1.82) is 0 Å². The van der Waals surface area contributed by atoms with Crippen molar-refractivity contribution in [2.45, 2.75) is 20.3 Å². The molecular weight excluding hydrogens is 179 g/mol. The molecule has 0 aliphatic carbocycles. The molecule has 0 nitrogen and oxygen atoms in total. The van der Waals surface area contributed by atoms with Crippen molar-refractivity contribution in [2.75, 3.05) is 0 Å². The van der Waals surface area contributed by atoms with Gasteiger partial charge in [-0.1, -0.05) is 30.1 Å². The zero-order valence-corrected chi connectivity index (χ0v) is 8.13. The molecule has 0 saturated heterocycles. The van der Waals surface area contributed by atoms with Crippen molar-refractivity contribution >= 4 is 23.2 Å². The largest absolute Gasteiger partial charge is 0.0840 e. The van der Waals surface area contributed by atoms with Gasteiger partial charge in [-0.3, -0.25) is 0 Å². The number of hydrogen-bond acceptors (Lipinski definition) is 0. The minimum atomic E-state index is 0.775. The van der Waals surface area contributed by atoms with Crippen LogP contribution in [0.25, 0.3) is 0 Å². The van der Waals surface area contributed by atoms with Gasteiger partial charge in [0.25, 0.3) is 0 Å². The Balaban J connectivity index is 3.25. The van der Waals surface area contributed by atoms with Gasteiger partial charge in [0.1, 0.15) is 0 Å². The average Bonchev–Trinajstić information content (AvgIpc) is 1.85. The van der Waals surface area contributed by atoms with Gasteiger partial charge in [-0.2, -0.15) is 0 Å². The third-order valence-corrected chi connectivity index (χ3v) is 2.31. The minimum Gasteiger partial charge on any atom is -0.0840 e. The normalized spacial score (nSPS) is 10.2. The summed E-state index contributed by atoms with van der Waals surface area (Å²) in [5, 5.41) is 1.55. The molecule has 1 rings (SSSR count). The van der Waals surface area contributed by atoms with E-state index in [2.05, 4.69) is 0 Å². The first kappa shape index (κ1) is 8.89. The lowest BCUT2D eigenvalue weighted by atomic mass is 10.1. The molecule has 0 aliphatic rings. The van der Waals surface area contributed by atoms with Crippen LogP contribution in [0.1, 0.15) is 18.1 Å². The fourth-order valence-corrected chi connectivity index (χ4v) is 1.93. The number of halogens is 2. The molecule has 1 aromatic rings. The maximum atomic E-state index is 5.95. The molecule has 0 saturated carbocycles. The molecule has 0 fully saturated rings. The number of aryl methyl sites for hydroxylation is 1. The Bertz CT molecular complexity index is 243. The summed E-state index contributed by atoms with van der Waals surface area (Å²) >= 11 is 11.9. The van der Waals surface area contributed by atoms with E-state index >= 15 is 0 Å². The molecule has 0 unspecified atom stereocenters. The third-order valence-electron chi connectivity index (χ3n) is 1.64. The standard InChI is InChI=1S/C9H10Cl2/c1-3-7-8(10)4-6(2)5-9(7)11/h4-5H,3H2,1-2H3. The van der Waals surface area contributed by atoms with E-state index in [1.807, 2.05) is 26.0 Å². The predicted molar refractivity (Wildman–Crippen MR) is 50.6 cm³/mol. The summed E-state index contributed by atoms with van der Waals surface area (Å²) in [7, 11) is 0. The Morgan fingerprint density at radius 2 is 1.64 bits per heavy atom. The van der Waals surface area contributed by atoms with Gasteiger partial charge in [-0.25, -0.2) is 0 Å². The van der Waals surface area contributed by atoms with Crippen LogP contribution in [0.2, 0.25) is 10.0 Å². The van der Waals surface area contributed by atoms with Gasteiger partial charge < -0.3 is 0 Å². The first-order chi connectivity index (χ1) is 5.15. The molecule has 11 heavy (non-hydrogen) atoms. The van der Waals surface area contributed by atoms with Crippen LogP contribution in [-0.2, 0) is 6.42 Å². The number of benzene rings is 1. The van der Waals surface area contributed by atoms with E-state index in [0.29, 0.717) is 0 Å². The van der Waals surface area contributed by atoms with Gasteiger partial charge in [0.2, 0.25) is 0 Å². The first-order valence-corrected chi connectivity index (χ1v) is 4.35. The maximum Gasteiger partial charge on any atom is 0.0455 e. The van der Waals surface area contributed by atoms with Crippen LogP contribution < -0.4 is 0 Å². The summed E-state index contributed by atoms with van der Waals surface area (Å²) in [5.41, 5.74) is 2.15. The SMILES string of the molecule is CCc1c(Cl)cc(C)cc1Cl. The van der Waals surface area contributed by atoms with Gasteiger partial charge in [-0.05, 0) is 36.6 Å². The molecule has 0 aromatic heterocycles. The third kappa shape index (κ3) is 1.88. The zero-order chi connectivity index (χ0) is 8.43.